The van der Waals surface area contributed by atoms with E-state index in [1.54, 1.807) is 0 Å². The third kappa shape index (κ3) is 3.39. The molecule has 5 nitrogen and oxygen atoms in total. The Morgan fingerprint density at radius 2 is 2.12 bits per heavy atom. The molecule has 1 aromatic heterocycles. The number of nitrogens with one attached hydrogen (secondary N) is 2. The first-order valence-electron chi connectivity index (χ1n) is 9.13. The summed E-state index contributed by atoms with van der Waals surface area (Å²) < 4.78 is 5.67. The third-order valence-electron chi connectivity index (χ3n) is 5.75. The van der Waals surface area contributed by atoms with Gasteiger partial charge in [-0.15, -0.1) is 0 Å². The van der Waals surface area contributed by atoms with Crippen LogP contribution in [0.15, 0.2) is 22.7 Å². The molecule has 3 unspecified atom stereocenters. The molecule has 0 saturated carbocycles. The summed E-state index contributed by atoms with van der Waals surface area (Å²) in [7, 11) is 0. The maximum Gasteiger partial charge on any atom is 0.145 e. The molecule has 2 aliphatic heterocycles. The van der Waals surface area contributed by atoms with Crippen LogP contribution < -0.4 is 10.9 Å². The Hall–Kier alpha value is -1.11. The van der Waals surface area contributed by atoms with Crippen molar-refractivity contribution in [3.63, 3.8) is 0 Å². The van der Waals surface area contributed by atoms with Gasteiger partial charge >= 0.3 is 0 Å². The van der Waals surface area contributed by atoms with Crippen molar-refractivity contribution in [3.8, 4) is 0 Å². The Morgan fingerprint density at radius 1 is 1.27 bits per heavy atom. The molecule has 3 atom stereocenters. The van der Waals surface area contributed by atoms with E-state index in [1.807, 2.05) is 19.1 Å². The van der Waals surface area contributed by atoms with Crippen molar-refractivity contribution in [2.24, 2.45) is 0 Å². The lowest BCUT2D eigenvalue weighted by Crippen LogP contribution is -2.47. The highest BCUT2D eigenvalue weighted by atomic mass is 35.5. The number of nitrogens with zero attached hydrogens (tertiary/aromatic N) is 2. The van der Waals surface area contributed by atoms with E-state index in [4.69, 9.17) is 27.7 Å². The van der Waals surface area contributed by atoms with E-state index in [-0.39, 0.29) is 5.92 Å². The molecular formula is C19H24Cl2N4O. The lowest BCUT2D eigenvalue weighted by molar-refractivity contribution is 0.189. The molecule has 2 aliphatic rings. The van der Waals surface area contributed by atoms with Crippen LogP contribution in [0.4, 0.5) is 0 Å². The molecule has 1 aromatic carbocycles. The fraction of sp³-hybridized carbons (Fsp3) is 0.526. The molecule has 2 aromatic rings. The third-order valence-corrected chi connectivity index (χ3v) is 6.49. The average Bonchev–Trinajstić information content (AvgIpc) is 3.33. The zero-order valence-corrected chi connectivity index (χ0v) is 16.6. The van der Waals surface area contributed by atoms with Crippen molar-refractivity contribution < 1.29 is 4.52 Å². The van der Waals surface area contributed by atoms with Gasteiger partial charge < -0.3 is 4.52 Å². The van der Waals surface area contributed by atoms with E-state index < -0.39 is 0 Å². The average molecular weight is 395 g/mol. The topological polar surface area (TPSA) is 53.3 Å². The number of benzene rings is 1. The van der Waals surface area contributed by atoms with Gasteiger partial charge in [0.2, 0.25) is 0 Å². The van der Waals surface area contributed by atoms with Gasteiger partial charge in [-0.3, -0.25) is 15.8 Å². The number of hydrogen-bond acceptors (Lipinski definition) is 5. The van der Waals surface area contributed by atoms with Gasteiger partial charge in [0.15, 0.2) is 0 Å². The molecule has 2 saturated heterocycles. The summed E-state index contributed by atoms with van der Waals surface area (Å²) >= 11 is 12.2. The summed E-state index contributed by atoms with van der Waals surface area (Å²) in [5.41, 5.74) is 10.2. The van der Waals surface area contributed by atoms with Crippen molar-refractivity contribution in [2.45, 2.75) is 51.2 Å². The highest BCUT2D eigenvalue weighted by Gasteiger charge is 2.42. The summed E-state index contributed by atoms with van der Waals surface area (Å²) in [5, 5.41) is 5.38. The summed E-state index contributed by atoms with van der Waals surface area (Å²) in [5.74, 6) is 1.29. The molecule has 26 heavy (non-hydrogen) atoms. The Bertz CT molecular complexity index is 794. The molecule has 2 fully saturated rings. The van der Waals surface area contributed by atoms with Gasteiger partial charge in [0.05, 0.1) is 21.7 Å². The summed E-state index contributed by atoms with van der Waals surface area (Å²) in [6, 6.07) is 6.65. The summed E-state index contributed by atoms with van der Waals surface area (Å²) in [6.45, 7) is 6.92. The standard InChI is InChI=1S/C19H24Cl2N4O/c1-11-12(2)24-26-19(11)14-9-22-23-18(14)17-4-3-7-25(17)10-13-5-6-15(20)16(21)8-13/h5-6,8,14,17-18,22-23H,3-4,7,9-10H2,1-2H3. The quantitative estimate of drug-likeness (QED) is 0.825. The number of aromatic nitrogens is 1. The second-order valence-electron chi connectivity index (χ2n) is 7.34. The molecule has 7 heteroatoms. The van der Waals surface area contributed by atoms with Gasteiger partial charge in [-0.05, 0) is 50.9 Å². The van der Waals surface area contributed by atoms with E-state index in [9.17, 15) is 0 Å². The number of likely N-dealkylation sites (tertiary alicyclic amines) is 1. The maximum atomic E-state index is 6.19. The van der Waals surface area contributed by atoms with E-state index in [0.29, 0.717) is 22.1 Å². The zero-order valence-electron chi connectivity index (χ0n) is 15.1. The maximum absolute atomic E-state index is 6.19. The van der Waals surface area contributed by atoms with E-state index in [1.165, 1.54) is 24.0 Å². The highest BCUT2D eigenvalue weighted by Crippen LogP contribution is 2.34. The van der Waals surface area contributed by atoms with Crippen LogP contribution in [-0.4, -0.2) is 35.2 Å². The lowest BCUT2D eigenvalue weighted by atomic mass is 9.89. The molecule has 4 rings (SSSR count). The number of hydrogen-bond donors (Lipinski definition) is 2. The first kappa shape index (κ1) is 18.3. The van der Waals surface area contributed by atoms with Crippen LogP contribution in [0, 0.1) is 13.8 Å². The van der Waals surface area contributed by atoms with Gasteiger partial charge in [0.25, 0.3) is 0 Å². The van der Waals surface area contributed by atoms with Crippen LogP contribution in [-0.2, 0) is 6.54 Å². The Morgan fingerprint density at radius 3 is 2.85 bits per heavy atom. The smallest absolute Gasteiger partial charge is 0.145 e. The predicted molar refractivity (Wildman–Crippen MR) is 104 cm³/mol. The molecule has 2 N–H and O–H groups in total. The number of hydrazine groups is 1. The van der Waals surface area contributed by atoms with Crippen molar-refractivity contribution in [3.05, 3.63) is 50.8 Å². The first-order valence-corrected chi connectivity index (χ1v) is 9.89. The van der Waals surface area contributed by atoms with Crippen LogP contribution in [0.25, 0.3) is 0 Å². The van der Waals surface area contributed by atoms with Crippen LogP contribution in [0.5, 0.6) is 0 Å². The van der Waals surface area contributed by atoms with Gasteiger partial charge in [-0.2, -0.15) is 0 Å². The highest BCUT2D eigenvalue weighted by molar-refractivity contribution is 6.42. The monoisotopic (exact) mass is 394 g/mol. The minimum absolute atomic E-state index is 0.288. The lowest BCUT2D eigenvalue weighted by Gasteiger charge is -2.31. The van der Waals surface area contributed by atoms with Gasteiger partial charge in [-0.1, -0.05) is 34.4 Å². The Balaban J connectivity index is 1.53. The van der Waals surface area contributed by atoms with Crippen LogP contribution in [0.1, 0.15) is 41.3 Å². The molecular weight excluding hydrogens is 371 g/mol. The second-order valence-corrected chi connectivity index (χ2v) is 8.16. The van der Waals surface area contributed by atoms with Crippen molar-refractivity contribution in [1.29, 1.82) is 0 Å². The molecule has 0 radical (unpaired) electrons. The Labute approximate surface area is 164 Å². The zero-order chi connectivity index (χ0) is 18.3. The van der Waals surface area contributed by atoms with Crippen molar-refractivity contribution in [1.82, 2.24) is 20.9 Å². The molecule has 0 spiro atoms. The minimum atomic E-state index is 0.288. The number of aryl methyl sites for hydroxylation is 1. The van der Waals surface area contributed by atoms with E-state index in [2.05, 4.69) is 33.9 Å². The molecule has 0 amide bonds. The van der Waals surface area contributed by atoms with E-state index >= 15 is 0 Å². The fourth-order valence-corrected chi connectivity index (χ4v) is 4.56. The number of rotatable bonds is 4. The first-order chi connectivity index (χ1) is 12.5. The van der Waals surface area contributed by atoms with Crippen molar-refractivity contribution >= 4 is 23.2 Å². The molecule has 0 aliphatic carbocycles. The van der Waals surface area contributed by atoms with Crippen LogP contribution in [0.3, 0.4) is 0 Å². The predicted octanol–water partition coefficient (Wildman–Crippen LogP) is 3.82. The number of halogens is 2. The molecule has 140 valence electrons. The van der Waals surface area contributed by atoms with Gasteiger partial charge in [0.1, 0.15) is 5.76 Å². The van der Waals surface area contributed by atoms with Gasteiger partial charge in [-0.25, -0.2) is 0 Å². The molecule has 3 heterocycles. The fourth-order valence-electron chi connectivity index (χ4n) is 4.24. The summed E-state index contributed by atoms with van der Waals surface area (Å²) in [6.07, 6.45) is 2.37. The summed E-state index contributed by atoms with van der Waals surface area (Å²) in [4.78, 5) is 2.54. The minimum Gasteiger partial charge on any atom is -0.360 e. The van der Waals surface area contributed by atoms with Crippen LogP contribution in [0.2, 0.25) is 10.0 Å². The van der Waals surface area contributed by atoms with Gasteiger partial charge in [0, 0.05) is 30.7 Å². The van der Waals surface area contributed by atoms with Crippen LogP contribution >= 0.6 is 23.2 Å². The Kier molecular flexibility index (Phi) is 5.26. The normalized spacial score (nSPS) is 26.7. The second kappa shape index (κ2) is 7.49. The molecule has 0 bridgehead atoms. The van der Waals surface area contributed by atoms with Crippen molar-refractivity contribution in [2.75, 3.05) is 13.1 Å². The SMILES string of the molecule is Cc1noc(C2CNNC2C2CCCN2Cc2ccc(Cl)c(Cl)c2)c1C. The largest absolute Gasteiger partial charge is 0.360 e. The van der Waals surface area contributed by atoms with E-state index in [0.717, 1.165) is 31.1 Å².